The molecule has 0 aliphatic rings. The van der Waals surface area contributed by atoms with E-state index in [1.807, 2.05) is 0 Å². The number of anilines is 1. The fraction of sp³-hybridized carbons (Fsp3) is 0.333. The molecule has 1 rings (SSSR count). The van der Waals surface area contributed by atoms with Gasteiger partial charge in [-0.1, -0.05) is 0 Å². The second-order valence-electron chi connectivity index (χ2n) is 3.79. The fourth-order valence-corrected chi connectivity index (χ4v) is 1.32. The van der Waals surface area contributed by atoms with E-state index in [1.165, 1.54) is 6.92 Å². The van der Waals surface area contributed by atoms with Crippen molar-refractivity contribution < 1.29 is 14.7 Å². The molecule has 1 aromatic rings. The Morgan fingerprint density at radius 1 is 1.35 bits per heavy atom. The van der Waals surface area contributed by atoms with Gasteiger partial charge >= 0.3 is 5.97 Å². The number of carbonyl (C=O) groups is 2. The van der Waals surface area contributed by atoms with Crippen LogP contribution in [0.3, 0.4) is 0 Å². The first-order valence-electron chi connectivity index (χ1n) is 5.34. The van der Waals surface area contributed by atoms with Crippen LogP contribution in [0.2, 0.25) is 0 Å². The quantitative estimate of drug-likeness (QED) is 0.643. The monoisotopic (exact) mass is 236 g/mol. The Bertz CT molecular complexity index is 401. The van der Waals surface area contributed by atoms with E-state index in [2.05, 4.69) is 5.32 Å². The third-order valence-corrected chi connectivity index (χ3v) is 2.39. The smallest absolute Gasteiger partial charge is 0.320 e. The van der Waals surface area contributed by atoms with Crippen molar-refractivity contribution in [3.8, 4) is 0 Å². The first-order valence-corrected chi connectivity index (χ1v) is 5.34. The number of benzene rings is 1. The van der Waals surface area contributed by atoms with Crippen molar-refractivity contribution in [2.24, 2.45) is 5.73 Å². The van der Waals surface area contributed by atoms with Crippen molar-refractivity contribution >= 4 is 17.4 Å². The Labute approximate surface area is 99.6 Å². The number of carboxylic acid groups (broad SMARTS) is 1. The van der Waals surface area contributed by atoms with Gasteiger partial charge in [0.1, 0.15) is 6.04 Å². The maximum atomic E-state index is 11.0. The lowest BCUT2D eigenvalue weighted by Gasteiger charge is -2.09. The van der Waals surface area contributed by atoms with Crippen molar-refractivity contribution in [2.45, 2.75) is 19.4 Å². The maximum absolute atomic E-state index is 11.0. The van der Waals surface area contributed by atoms with Crippen LogP contribution in [0.25, 0.3) is 0 Å². The zero-order valence-electron chi connectivity index (χ0n) is 9.64. The van der Waals surface area contributed by atoms with Crippen LogP contribution in [0.4, 0.5) is 5.69 Å². The van der Waals surface area contributed by atoms with Gasteiger partial charge in [-0.3, -0.25) is 9.59 Å². The molecule has 1 unspecified atom stereocenters. The van der Waals surface area contributed by atoms with Crippen LogP contribution in [-0.2, 0) is 4.79 Å². The molecule has 0 aromatic heterocycles. The summed E-state index contributed by atoms with van der Waals surface area (Å²) < 4.78 is 0. The highest BCUT2D eigenvalue weighted by Gasteiger charge is 2.09. The molecule has 5 heteroatoms. The average Bonchev–Trinajstić information content (AvgIpc) is 2.29. The normalized spacial score (nSPS) is 11.9. The van der Waals surface area contributed by atoms with Crippen molar-refractivity contribution in [1.29, 1.82) is 0 Å². The summed E-state index contributed by atoms with van der Waals surface area (Å²) in [5.74, 6) is -0.983. The number of ketones is 1. The topological polar surface area (TPSA) is 92.4 Å². The molecule has 0 heterocycles. The van der Waals surface area contributed by atoms with E-state index in [0.717, 1.165) is 5.69 Å². The molecule has 0 fully saturated rings. The molecular formula is C12H16N2O3. The van der Waals surface area contributed by atoms with E-state index in [1.54, 1.807) is 24.3 Å². The minimum atomic E-state index is -1.00. The van der Waals surface area contributed by atoms with Gasteiger partial charge in [-0.15, -0.1) is 0 Å². The second kappa shape index (κ2) is 6.00. The minimum Gasteiger partial charge on any atom is -0.480 e. The number of nitrogens with one attached hydrogen (secondary N) is 1. The molecule has 1 atom stereocenters. The molecule has 5 nitrogen and oxygen atoms in total. The summed E-state index contributed by atoms with van der Waals surface area (Å²) in [6.45, 7) is 1.99. The molecular weight excluding hydrogens is 220 g/mol. The highest BCUT2D eigenvalue weighted by molar-refractivity contribution is 5.94. The first-order chi connectivity index (χ1) is 8.00. The molecule has 0 aliphatic heterocycles. The lowest BCUT2D eigenvalue weighted by Crippen LogP contribution is -2.32. The SMILES string of the molecule is CC(=O)c1ccc(NCCC(N)C(=O)O)cc1. The van der Waals surface area contributed by atoms with Crippen molar-refractivity contribution in [3.05, 3.63) is 29.8 Å². The van der Waals surface area contributed by atoms with Gasteiger partial charge in [-0.25, -0.2) is 0 Å². The van der Waals surface area contributed by atoms with Gasteiger partial charge in [0.25, 0.3) is 0 Å². The van der Waals surface area contributed by atoms with E-state index in [-0.39, 0.29) is 5.78 Å². The average molecular weight is 236 g/mol. The van der Waals surface area contributed by atoms with Crippen LogP contribution in [0.15, 0.2) is 24.3 Å². The van der Waals surface area contributed by atoms with Crippen LogP contribution in [0.5, 0.6) is 0 Å². The molecule has 0 spiro atoms. The number of aliphatic carboxylic acids is 1. The summed E-state index contributed by atoms with van der Waals surface area (Å²) in [6.07, 6.45) is 0.351. The second-order valence-corrected chi connectivity index (χ2v) is 3.79. The molecule has 0 bridgehead atoms. The summed E-state index contributed by atoms with van der Waals surface area (Å²) in [7, 11) is 0. The summed E-state index contributed by atoms with van der Waals surface area (Å²) in [5.41, 5.74) is 6.85. The molecule has 0 amide bonds. The molecule has 92 valence electrons. The van der Waals surface area contributed by atoms with Gasteiger partial charge in [-0.05, 0) is 37.6 Å². The van der Waals surface area contributed by atoms with Crippen LogP contribution in [0, 0.1) is 0 Å². The largest absolute Gasteiger partial charge is 0.480 e. The van der Waals surface area contributed by atoms with Gasteiger partial charge in [0.2, 0.25) is 0 Å². The minimum absolute atomic E-state index is 0.0180. The Kier molecular flexibility index (Phi) is 4.66. The molecule has 0 aliphatic carbocycles. The first kappa shape index (κ1) is 13.2. The number of nitrogens with two attached hydrogens (primary N) is 1. The van der Waals surface area contributed by atoms with E-state index in [9.17, 15) is 9.59 Å². The number of hydrogen-bond acceptors (Lipinski definition) is 4. The number of carboxylic acids is 1. The van der Waals surface area contributed by atoms with Crippen molar-refractivity contribution in [2.75, 3.05) is 11.9 Å². The third kappa shape index (κ3) is 4.24. The molecule has 17 heavy (non-hydrogen) atoms. The summed E-state index contributed by atoms with van der Waals surface area (Å²) in [6, 6.07) is 6.16. The van der Waals surface area contributed by atoms with Gasteiger partial charge in [0, 0.05) is 17.8 Å². The van der Waals surface area contributed by atoms with E-state index in [0.29, 0.717) is 18.5 Å². The number of rotatable bonds is 6. The molecule has 0 radical (unpaired) electrons. The summed E-state index contributed by atoms with van der Waals surface area (Å²) in [5, 5.41) is 11.6. The number of carbonyl (C=O) groups excluding carboxylic acids is 1. The molecule has 1 aromatic carbocycles. The van der Waals surface area contributed by atoms with Crippen molar-refractivity contribution in [1.82, 2.24) is 0 Å². The Morgan fingerprint density at radius 3 is 2.41 bits per heavy atom. The van der Waals surface area contributed by atoms with Gasteiger partial charge in [0.05, 0.1) is 0 Å². The lowest BCUT2D eigenvalue weighted by molar-refractivity contribution is -0.138. The van der Waals surface area contributed by atoms with Gasteiger partial charge < -0.3 is 16.2 Å². The lowest BCUT2D eigenvalue weighted by atomic mass is 10.1. The van der Waals surface area contributed by atoms with Gasteiger partial charge in [-0.2, -0.15) is 0 Å². The van der Waals surface area contributed by atoms with Crippen LogP contribution < -0.4 is 11.1 Å². The van der Waals surface area contributed by atoms with E-state index >= 15 is 0 Å². The summed E-state index contributed by atoms with van der Waals surface area (Å²) >= 11 is 0. The maximum Gasteiger partial charge on any atom is 0.320 e. The third-order valence-electron chi connectivity index (χ3n) is 2.39. The standard InChI is InChI=1S/C12H16N2O3/c1-8(15)9-2-4-10(5-3-9)14-7-6-11(13)12(16)17/h2-5,11,14H,6-7,13H2,1H3,(H,16,17). The van der Waals surface area contributed by atoms with Gasteiger partial charge in [0.15, 0.2) is 5.78 Å². The number of Topliss-reactive ketones (excluding diaryl/α,β-unsaturated/α-hetero) is 1. The molecule has 4 N–H and O–H groups in total. The fourth-order valence-electron chi connectivity index (χ4n) is 1.32. The van der Waals surface area contributed by atoms with Crippen molar-refractivity contribution in [3.63, 3.8) is 0 Å². The summed E-state index contributed by atoms with van der Waals surface area (Å²) in [4.78, 5) is 21.5. The van der Waals surface area contributed by atoms with Crippen LogP contribution in [0.1, 0.15) is 23.7 Å². The van der Waals surface area contributed by atoms with Crippen LogP contribution in [-0.4, -0.2) is 29.4 Å². The highest BCUT2D eigenvalue weighted by Crippen LogP contribution is 2.10. The Morgan fingerprint density at radius 2 is 1.94 bits per heavy atom. The predicted molar refractivity (Wildman–Crippen MR) is 65.2 cm³/mol. The zero-order valence-corrected chi connectivity index (χ0v) is 9.64. The molecule has 0 saturated heterocycles. The zero-order chi connectivity index (χ0) is 12.8. The van der Waals surface area contributed by atoms with Crippen LogP contribution >= 0.6 is 0 Å². The Hall–Kier alpha value is -1.88. The highest BCUT2D eigenvalue weighted by atomic mass is 16.4. The van der Waals surface area contributed by atoms with E-state index in [4.69, 9.17) is 10.8 Å². The Balaban J connectivity index is 2.42. The predicted octanol–water partition coefficient (Wildman–Crippen LogP) is 1.10. The number of hydrogen-bond donors (Lipinski definition) is 3. The molecule has 0 saturated carbocycles. The van der Waals surface area contributed by atoms with E-state index < -0.39 is 12.0 Å².